The predicted octanol–water partition coefficient (Wildman–Crippen LogP) is 3.42. The van der Waals surface area contributed by atoms with E-state index >= 15 is 0 Å². The molecule has 0 saturated carbocycles. The molecular formula is C20H25NO6S. The van der Waals surface area contributed by atoms with Crippen LogP contribution < -0.4 is 4.74 Å². The molecule has 1 aromatic heterocycles. The number of nitrogens with zero attached hydrogens (tertiary/aromatic N) is 1. The second-order valence-corrected chi connectivity index (χ2v) is 9.40. The lowest BCUT2D eigenvalue weighted by atomic mass is 10.0. The molecule has 0 unspecified atom stereocenters. The van der Waals surface area contributed by atoms with E-state index in [9.17, 15) is 0 Å². The van der Waals surface area contributed by atoms with Gasteiger partial charge in [0.1, 0.15) is 41.3 Å². The van der Waals surface area contributed by atoms with Crippen molar-refractivity contribution in [1.29, 1.82) is 0 Å². The van der Waals surface area contributed by atoms with Crippen LogP contribution in [-0.4, -0.2) is 54.7 Å². The Balaban J connectivity index is 1.47. The summed E-state index contributed by atoms with van der Waals surface area (Å²) in [7, 11) is 1.66. The molecule has 0 N–H and O–H groups in total. The number of benzene rings is 1. The van der Waals surface area contributed by atoms with Gasteiger partial charge in [0.05, 0.1) is 23.9 Å². The van der Waals surface area contributed by atoms with Gasteiger partial charge in [-0.15, -0.1) is 11.3 Å². The zero-order valence-electron chi connectivity index (χ0n) is 16.6. The average molecular weight is 407 g/mol. The number of rotatable bonds is 3. The molecule has 7 nitrogen and oxygen atoms in total. The Morgan fingerprint density at radius 3 is 2.54 bits per heavy atom. The van der Waals surface area contributed by atoms with Crippen LogP contribution in [0.25, 0.3) is 10.2 Å². The smallest absolute Gasteiger partial charge is 0.164 e. The molecule has 0 bridgehead atoms. The summed E-state index contributed by atoms with van der Waals surface area (Å²) in [5, 5.41) is 0.875. The fourth-order valence-corrected chi connectivity index (χ4v) is 5.24. The molecule has 5 atom stereocenters. The molecule has 3 aliphatic heterocycles. The monoisotopic (exact) mass is 407 g/mol. The minimum atomic E-state index is -0.676. The second-order valence-electron chi connectivity index (χ2n) is 8.34. The Labute approximate surface area is 167 Å². The highest BCUT2D eigenvalue weighted by atomic mass is 32.1. The minimum absolute atomic E-state index is 0.209. The van der Waals surface area contributed by atoms with Gasteiger partial charge in [0, 0.05) is 0 Å². The van der Waals surface area contributed by atoms with Gasteiger partial charge >= 0.3 is 0 Å². The van der Waals surface area contributed by atoms with Gasteiger partial charge in [-0.3, -0.25) is 0 Å². The summed E-state index contributed by atoms with van der Waals surface area (Å²) < 4.78 is 37.1. The summed E-state index contributed by atoms with van der Waals surface area (Å²) in [5.74, 6) is -0.487. The summed E-state index contributed by atoms with van der Waals surface area (Å²) in [4.78, 5) is 4.80. The van der Waals surface area contributed by atoms with Crippen molar-refractivity contribution < 1.29 is 28.4 Å². The van der Waals surface area contributed by atoms with Gasteiger partial charge in [0.15, 0.2) is 11.6 Å². The molecule has 0 spiro atoms. The first-order chi connectivity index (χ1) is 13.2. The summed E-state index contributed by atoms with van der Waals surface area (Å²) in [5.41, 5.74) is 0.921. The topological polar surface area (TPSA) is 68.3 Å². The molecule has 3 fully saturated rings. The van der Waals surface area contributed by atoms with E-state index in [1.807, 2.05) is 45.9 Å². The van der Waals surface area contributed by atoms with E-state index in [0.717, 1.165) is 21.0 Å². The second kappa shape index (κ2) is 6.35. The average Bonchev–Trinajstić information content (AvgIpc) is 3.34. The fourth-order valence-electron chi connectivity index (χ4n) is 4.18. The van der Waals surface area contributed by atoms with E-state index in [-0.39, 0.29) is 30.5 Å². The van der Waals surface area contributed by atoms with Crippen molar-refractivity contribution in [3.8, 4) is 5.75 Å². The normalized spacial score (nSPS) is 36.1. The first-order valence-electron chi connectivity index (χ1n) is 9.52. The van der Waals surface area contributed by atoms with Crippen LogP contribution in [0.15, 0.2) is 18.2 Å². The number of ether oxygens (including phenoxy) is 6. The van der Waals surface area contributed by atoms with E-state index in [0.29, 0.717) is 6.61 Å². The molecule has 4 heterocycles. The van der Waals surface area contributed by atoms with Gasteiger partial charge in [0.25, 0.3) is 0 Å². The molecule has 1 aromatic carbocycles. The Morgan fingerprint density at radius 2 is 1.82 bits per heavy atom. The molecule has 0 amide bonds. The van der Waals surface area contributed by atoms with Gasteiger partial charge in [-0.2, -0.15) is 0 Å². The molecule has 28 heavy (non-hydrogen) atoms. The van der Waals surface area contributed by atoms with Crippen LogP contribution in [0.5, 0.6) is 5.75 Å². The molecule has 3 saturated heterocycles. The van der Waals surface area contributed by atoms with Gasteiger partial charge in [-0.1, -0.05) is 0 Å². The van der Waals surface area contributed by atoms with Crippen molar-refractivity contribution in [3.63, 3.8) is 0 Å². The molecule has 152 valence electrons. The maximum atomic E-state index is 6.43. The molecule has 8 heteroatoms. The predicted molar refractivity (Wildman–Crippen MR) is 103 cm³/mol. The van der Waals surface area contributed by atoms with Crippen molar-refractivity contribution in [2.24, 2.45) is 0 Å². The summed E-state index contributed by atoms with van der Waals surface area (Å²) in [6, 6.07) is 5.87. The molecular weight excluding hydrogens is 382 g/mol. The zero-order valence-corrected chi connectivity index (χ0v) is 17.4. The zero-order chi connectivity index (χ0) is 19.7. The van der Waals surface area contributed by atoms with E-state index < -0.39 is 11.6 Å². The summed E-state index contributed by atoms with van der Waals surface area (Å²) in [6.07, 6.45) is -1.27. The highest BCUT2D eigenvalue weighted by Gasteiger charge is 2.59. The van der Waals surface area contributed by atoms with E-state index in [2.05, 4.69) is 0 Å². The molecule has 0 aliphatic carbocycles. The molecule has 0 radical (unpaired) electrons. The van der Waals surface area contributed by atoms with Crippen LogP contribution in [-0.2, 0) is 23.7 Å². The Morgan fingerprint density at radius 1 is 1.04 bits per heavy atom. The third-order valence-electron chi connectivity index (χ3n) is 5.34. The Hall–Kier alpha value is -1.29. The first kappa shape index (κ1) is 18.7. The first-order valence-corrected chi connectivity index (χ1v) is 10.3. The van der Waals surface area contributed by atoms with Gasteiger partial charge in [0.2, 0.25) is 0 Å². The highest BCUT2D eigenvalue weighted by molar-refractivity contribution is 7.18. The van der Waals surface area contributed by atoms with Gasteiger partial charge in [-0.25, -0.2) is 4.98 Å². The van der Waals surface area contributed by atoms with Crippen molar-refractivity contribution >= 4 is 21.6 Å². The van der Waals surface area contributed by atoms with E-state index in [1.54, 1.807) is 18.4 Å². The van der Waals surface area contributed by atoms with Crippen molar-refractivity contribution in [1.82, 2.24) is 4.98 Å². The van der Waals surface area contributed by atoms with Crippen LogP contribution in [0.4, 0.5) is 0 Å². The molecule has 5 rings (SSSR count). The summed E-state index contributed by atoms with van der Waals surface area (Å²) >= 11 is 1.59. The fraction of sp³-hybridized carbons (Fsp3) is 0.650. The van der Waals surface area contributed by atoms with Crippen LogP contribution in [0.2, 0.25) is 0 Å². The van der Waals surface area contributed by atoms with Gasteiger partial charge in [-0.05, 0) is 45.9 Å². The molecule has 2 aromatic rings. The van der Waals surface area contributed by atoms with E-state index in [4.69, 9.17) is 33.4 Å². The minimum Gasteiger partial charge on any atom is -0.497 e. The van der Waals surface area contributed by atoms with Crippen LogP contribution in [0, 0.1) is 0 Å². The van der Waals surface area contributed by atoms with Crippen LogP contribution in [0.1, 0.15) is 38.8 Å². The van der Waals surface area contributed by atoms with Crippen molar-refractivity contribution in [2.75, 3.05) is 13.7 Å². The lowest BCUT2D eigenvalue weighted by Crippen LogP contribution is -2.40. The Kier molecular flexibility index (Phi) is 4.25. The third-order valence-corrected chi connectivity index (χ3v) is 6.42. The SMILES string of the molecule is COc1ccc2nc([C@H]3O[C@H]([C@H]4COC(C)(C)O4)[C@@H]4OC(C)(C)O[C@@H]43)sc2c1. The number of thiazole rings is 1. The summed E-state index contributed by atoms with van der Waals surface area (Å²) in [6.45, 7) is 8.15. The van der Waals surface area contributed by atoms with Crippen LogP contribution >= 0.6 is 11.3 Å². The standard InChI is InChI=1S/C20H25NO6S/c1-19(2)23-9-12(25-19)14-15-16(27-20(3,4)26-15)17(24-14)18-21-11-7-6-10(22-5)8-13(11)28-18/h6-8,12,14-17H,9H2,1-5H3/t12-,14-,15+,16+,17+/m1/s1. The molecule has 3 aliphatic rings. The van der Waals surface area contributed by atoms with Crippen LogP contribution in [0.3, 0.4) is 0 Å². The quantitative estimate of drug-likeness (QED) is 0.772. The number of aromatic nitrogens is 1. The number of fused-ring (bicyclic) bond motifs is 2. The number of methoxy groups -OCH3 is 1. The third kappa shape index (κ3) is 3.12. The Bertz CT molecular complexity index is 896. The maximum Gasteiger partial charge on any atom is 0.164 e. The lowest BCUT2D eigenvalue weighted by Gasteiger charge is -2.26. The number of hydrogen-bond donors (Lipinski definition) is 0. The largest absolute Gasteiger partial charge is 0.497 e. The van der Waals surface area contributed by atoms with E-state index in [1.165, 1.54) is 0 Å². The van der Waals surface area contributed by atoms with Crippen molar-refractivity contribution in [2.45, 2.75) is 69.8 Å². The van der Waals surface area contributed by atoms with Gasteiger partial charge < -0.3 is 28.4 Å². The van der Waals surface area contributed by atoms with Crippen molar-refractivity contribution in [3.05, 3.63) is 23.2 Å². The maximum absolute atomic E-state index is 6.43. The lowest BCUT2D eigenvalue weighted by molar-refractivity contribution is -0.207. The number of hydrogen-bond acceptors (Lipinski definition) is 8. The highest BCUT2D eigenvalue weighted by Crippen LogP contribution is 2.48.